The van der Waals surface area contributed by atoms with E-state index in [1.807, 2.05) is 24.3 Å². The maximum atomic E-state index is 5.35. The molecule has 0 heterocycles. The van der Waals surface area contributed by atoms with Crippen molar-refractivity contribution in [2.24, 2.45) is 0 Å². The molecular weight excluding hydrogens is 196 g/mol. The lowest BCUT2D eigenvalue weighted by Gasteiger charge is -1.94. The fraction of sp³-hybridized carbons (Fsp3) is 0.200. The first kappa shape index (κ1) is 11.9. The summed E-state index contributed by atoms with van der Waals surface area (Å²) in [6.07, 6.45) is 5.35. The molecule has 0 spiro atoms. The molecule has 0 fully saturated rings. The van der Waals surface area contributed by atoms with Gasteiger partial charge in [-0.05, 0) is 19.1 Å². The summed E-state index contributed by atoms with van der Waals surface area (Å²) in [5.41, 5.74) is 1.67. The van der Waals surface area contributed by atoms with Gasteiger partial charge in [0.05, 0.1) is 0 Å². The Bertz CT molecular complexity index is 498. The maximum Gasteiger partial charge on any atom is 0.109 e. The Morgan fingerprint density at radius 3 is 2.50 bits per heavy atom. The first-order valence-electron chi connectivity index (χ1n) is 4.90. The largest absolute Gasteiger partial charge is 0.356 e. The van der Waals surface area contributed by atoms with Crippen LogP contribution in [-0.2, 0) is 4.74 Å². The third kappa shape index (κ3) is 3.93. The summed E-state index contributed by atoms with van der Waals surface area (Å²) >= 11 is 0. The molecule has 1 heteroatoms. The molecule has 1 aromatic rings. The van der Waals surface area contributed by atoms with Crippen LogP contribution < -0.4 is 0 Å². The van der Waals surface area contributed by atoms with Crippen molar-refractivity contribution in [3.8, 4) is 36.0 Å². The van der Waals surface area contributed by atoms with Crippen molar-refractivity contribution < 1.29 is 4.74 Å². The van der Waals surface area contributed by atoms with E-state index in [0.29, 0.717) is 13.2 Å². The highest BCUT2D eigenvalue weighted by atomic mass is 16.5. The Morgan fingerprint density at radius 2 is 1.81 bits per heavy atom. The highest BCUT2D eigenvalue weighted by molar-refractivity contribution is 5.49. The Morgan fingerprint density at radius 1 is 1.12 bits per heavy atom. The minimum Gasteiger partial charge on any atom is -0.356 e. The summed E-state index contributed by atoms with van der Waals surface area (Å²) < 4.78 is 5.17. The smallest absolute Gasteiger partial charge is 0.109 e. The van der Waals surface area contributed by atoms with Crippen LogP contribution in [0.1, 0.15) is 18.1 Å². The van der Waals surface area contributed by atoms with Crippen molar-refractivity contribution in [1.29, 1.82) is 0 Å². The van der Waals surface area contributed by atoms with Crippen molar-refractivity contribution in [2.45, 2.75) is 6.92 Å². The van der Waals surface area contributed by atoms with Crippen LogP contribution in [-0.4, -0.2) is 13.2 Å². The Hall–Kier alpha value is -2.14. The summed E-state index contributed by atoms with van der Waals surface area (Å²) in [4.78, 5) is 0. The van der Waals surface area contributed by atoms with Gasteiger partial charge >= 0.3 is 0 Å². The Balaban J connectivity index is 2.56. The topological polar surface area (TPSA) is 9.23 Å². The van der Waals surface area contributed by atoms with Crippen molar-refractivity contribution >= 4 is 0 Å². The van der Waals surface area contributed by atoms with Crippen molar-refractivity contribution in [2.75, 3.05) is 13.2 Å². The van der Waals surface area contributed by atoms with E-state index in [0.717, 1.165) is 11.1 Å². The second-order valence-electron chi connectivity index (χ2n) is 2.91. The second kappa shape index (κ2) is 7.19. The molecular formula is C15H12O. The fourth-order valence-corrected chi connectivity index (χ4v) is 1.07. The first-order chi connectivity index (χ1) is 7.88. The highest BCUT2D eigenvalue weighted by Crippen LogP contribution is 2.04. The van der Waals surface area contributed by atoms with Crippen LogP contribution in [0.25, 0.3) is 0 Å². The lowest BCUT2D eigenvalue weighted by atomic mass is 10.1. The van der Waals surface area contributed by atoms with Crippen LogP contribution in [0.5, 0.6) is 0 Å². The number of ether oxygens (including phenoxy) is 1. The molecule has 16 heavy (non-hydrogen) atoms. The van der Waals surface area contributed by atoms with E-state index < -0.39 is 0 Å². The van der Waals surface area contributed by atoms with Gasteiger partial charge in [0.15, 0.2) is 0 Å². The molecule has 0 saturated carbocycles. The summed E-state index contributed by atoms with van der Waals surface area (Å²) in [5.74, 6) is 14.0. The minimum atomic E-state index is 0.369. The van der Waals surface area contributed by atoms with E-state index in [1.54, 1.807) is 6.92 Å². The van der Waals surface area contributed by atoms with Crippen LogP contribution in [0, 0.1) is 36.0 Å². The number of hydrogen-bond acceptors (Lipinski definition) is 1. The molecule has 0 aromatic heterocycles. The van der Waals surface area contributed by atoms with Gasteiger partial charge in [0.25, 0.3) is 0 Å². The van der Waals surface area contributed by atoms with Crippen LogP contribution in [0.4, 0.5) is 0 Å². The predicted molar refractivity (Wildman–Crippen MR) is 65.5 cm³/mol. The van der Waals surface area contributed by atoms with Gasteiger partial charge in [0.1, 0.15) is 13.2 Å². The average molecular weight is 208 g/mol. The summed E-state index contributed by atoms with van der Waals surface area (Å²) in [6.45, 7) is 2.56. The zero-order valence-corrected chi connectivity index (χ0v) is 9.21. The lowest BCUT2D eigenvalue weighted by molar-refractivity contribution is 0.204. The minimum absolute atomic E-state index is 0.369. The quantitative estimate of drug-likeness (QED) is 0.534. The monoisotopic (exact) mass is 208 g/mol. The van der Waals surface area contributed by atoms with E-state index >= 15 is 0 Å². The standard InChI is InChI=1S/C15H12O/c1-3-5-12-16-13-8-11-15-10-7-6-9-14(15)4-2/h2,6-7,9-10H,12-13H2,1H3. The Kier molecular flexibility index (Phi) is 5.36. The van der Waals surface area contributed by atoms with Gasteiger partial charge in [-0.3, -0.25) is 0 Å². The SMILES string of the molecule is C#Cc1ccccc1C#CCOCC#CC. The number of terminal acetylenes is 1. The van der Waals surface area contributed by atoms with Crippen LogP contribution in [0.15, 0.2) is 24.3 Å². The van der Waals surface area contributed by atoms with E-state index in [9.17, 15) is 0 Å². The van der Waals surface area contributed by atoms with Gasteiger partial charge in [0, 0.05) is 11.1 Å². The number of benzene rings is 1. The third-order valence-electron chi connectivity index (χ3n) is 1.83. The van der Waals surface area contributed by atoms with Gasteiger partial charge in [0.2, 0.25) is 0 Å². The van der Waals surface area contributed by atoms with E-state index in [1.165, 1.54) is 0 Å². The van der Waals surface area contributed by atoms with Gasteiger partial charge in [-0.25, -0.2) is 0 Å². The number of hydrogen-bond donors (Lipinski definition) is 0. The lowest BCUT2D eigenvalue weighted by Crippen LogP contribution is -1.91. The summed E-state index contributed by atoms with van der Waals surface area (Å²) in [5, 5.41) is 0. The van der Waals surface area contributed by atoms with Crippen LogP contribution in [0.2, 0.25) is 0 Å². The van der Waals surface area contributed by atoms with Crippen LogP contribution in [0.3, 0.4) is 0 Å². The first-order valence-corrected chi connectivity index (χ1v) is 4.90. The zero-order chi connectivity index (χ0) is 11.6. The van der Waals surface area contributed by atoms with Crippen molar-refractivity contribution in [3.05, 3.63) is 35.4 Å². The molecule has 0 N–H and O–H groups in total. The highest BCUT2D eigenvalue weighted by Gasteiger charge is 1.92. The molecule has 78 valence electrons. The number of rotatable bonds is 2. The second-order valence-corrected chi connectivity index (χ2v) is 2.91. The van der Waals surface area contributed by atoms with Gasteiger partial charge in [-0.15, -0.1) is 12.3 Å². The molecule has 0 aliphatic rings. The average Bonchev–Trinajstić information content (AvgIpc) is 2.34. The van der Waals surface area contributed by atoms with Crippen molar-refractivity contribution in [3.63, 3.8) is 0 Å². The van der Waals surface area contributed by atoms with Gasteiger partial charge < -0.3 is 4.74 Å². The summed E-state index contributed by atoms with van der Waals surface area (Å²) in [7, 11) is 0. The molecule has 0 atom stereocenters. The third-order valence-corrected chi connectivity index (χ3v) is 1.83. The molecule has 0 aliphatic carbocycles. The Labute approximate surface area is 96.8 Å². The predicted octanol–water partition coefficient (Wildman–Crippen LogP) is 2.06. The maximum absolute atomic E-state index is 5.35. The van der Waals surface area contributed by atoms with E-state index in [2.05, 4.69) is 29.6 Å². The van der Waals surface area contributed by atoms with Gasteiger partial charge in [-0.2, -0.15) is 0 Å². The van der Waals surface area contributed by atoms with Crippen molar-refractivity contribution in [1.82, 2.24) is 0 Å². The molecule has 0 amide bonds. The molecule has 0 unspecified atom stereocenters. The van der Waals surface area contributed by atoms with E-state index in [4.69, 9.17) is 11.2 Å². The normalized spacial score (nSPS) is 8.00. The molecule has 0 radical (unpaired) electrons. The summed E-state index contributed by atoms with van der Waals surface area (Å²) in [6, 6.07) is 7.57. The molecule has 1 nitrogen and oxygen atoms in total. The molecule has 1 aromatic carbocycles. The zero-order valence-electron chi connectivity index (χ0n) is 9.21. The van der Waals surface area contributed by atoms with E-state index in [-0.39, 0.29) is 0 Å². The molecule has 0 aliphatic heterocycles. The molecule has 0 bridgehead atoms. The molecule has 0 saturated heterocycles. The van der Waals surface area contributed by atoms with Crippen LogP contribution >= 0.6 is 0 Å². The molecule has 1 rings (SSSR count). The van der Waals surface area contributed by atoms with Gasteiger partial charge in [-0.1, -0.05) is 35.8 Å². The fourth-order valence-electron chi connectivity index (χ4n) is 1.07.